The van der Waals surface area contributed by atoms with E-state index in [1.807, 2.05) is 35.9 Å². The number of carbonyl (C=O) groups is 3. The third kappa shape index (κ3) is 6.85. The number of para-hydroxylation sites is 1. The Morgan fingerprint density at radius 3 is 2.60 bits per heavy atom. The fourth-order valence-corrected chi connectivity index (χ4v) is 6.56. The molecule has 48 heavy (non-hydrogen) atoms. The second-order valence-electron chi connectivity index (χ2n) is 11.5. The van der Waals surface area contributed by atoms with E-state index in [-0.39, 0.29) is 56.7 Å². The highest BCUT2D eigenvalue weighted by Gasteiger charge is 2.51. The quantitative estimate of drug-likeness (QED) is 0.235. The summed E-state index contributed by atoms with van der Waals surface area (Å²) in [4.78, 5) is 54.1. The van der Waals surface area contributed by atoms with Gasteiger partial charge in [-0.05, 0) is 41.5 Å². The predicted octanol–water partition coefficient (Wildman–Crippen LogP) is 1.29. The number of amides is 4. The molecule has 2 aromatic carbocycles. The van der Waals surface area contributed by atoms with Crippen molar-refractivity contribution >= 4 is 39.2 Å². The lowest BCUT2D eigenvalue weighted by atomic mass is 9.98. The summed E-state index contributed by atoms with van der Waals surface area (Å²) in [6, 6.07) is 15.7. The number of rotatable bonds is 10. The lowest BCUT2D eigenvalue weighted by molar-refractivity contribution is -0.189. The Bertz CT molecular complexity index is 1950. The van der Waals surface area contributed by atoms with Gasteiger partial charge in [0.25, 0.3) is 0 Å². The van der Waals surface area contributed by atoms with Crippen LogP contribution in [0.5, 0.6) is 5.75 Å². The van der Waals surface area contributed by atoms with Crippen LogP contribution in [0.1, 0.15) is 16.8 Å². The third-order valence-electron chi connectivity index (χ3n) is 8.29. The predicted molar refractivity (Wildman–Crippen MR) is 175 cm³/mol. The largest absolute Gasteiger partial charge is 0.380 e. The molecule has 2 saturated heterocycles. The number of imidazole rings is 1. The van der Waals surface area contributed by atoms with Crippen LogP contribution in [-0.2, 0) is 46.5 Å². The molecule has 0 aliphatic carbocycles. The van der Waals surface area contributed by atoms with Gasteiger partial charge in [0, 0.05) is 32.8 Å². The highest BCUT2D eigenvalue weighted by molar-refractivity contribution is 7.84. The van der Waals surface area contributed by atoms with Gasteiger partial charge in [0.2, 0.25) is 11.8 Å². The first-order chi connectivity index (χ1) is 23.0. The van der Waals surface area contributed by atoms with Gasteiger partial charge in [0.1, 0.15) is 18.0 Å². The van der Waals surface area contributed by atoms with E-state index in [2.05, 4.69) is 21.9 Å². The number of hydrogen-bond donors (Lipinski definition) is 2. The van der Waals surface area contributed by atoms with E-state index >= 15 is 0 Å². The maximum Gasteiger partial charge on any atom is 0.380 e. The maximum atomic E-state index is 14.4. The van der Waals surface area contributed by atoms with E-state index in [0.29, 0.717) is 11.3 Å². The van der Waals surface area contributed by atoms with Crippen LogP contribution in [0, 0.1) is 0 Å². The molecule has 3 N–H and O–H groups in total. The summed E-state index contributed by atoms with van der Waals surface area (Å²) in [5.74, 6) is -0.623. The molecule has 4 aromatic rings. The fourth-order valence-electron chi connectivity index (χ4n) is 6.18. The second kappa shape index (κ2) is 13.4. The minimum absolute atomic E-state index is 0.00375. The van der Waals surface area contributed by atoms with Crippen LogP contribution in [0.25, 0.3) is 11.0 Å². The summed E-state index contributed by atoms with van der Waals surface area (Å²) >= 11 is 0. The number of fused-ring (bicyclic) bond motifs is 2. The Kier molecular flexibility index (Phi) is 9.12. The van der Waals surface area contributed by atoms with E-state index in [1.165, 1.54) is 22.0 Å². The smallest absolute Gasteiger partial charge is 0.371 e. The van der Waals surface area contributed by atoms with E-state index in [4.69, 9.17) is 9.32 Å². The Hall–Kier alpha value is -5.32. The number of nitrogens with one attached hydrogen (secondary N) is 1. The first-order valence-corrected chi connectivity index (χ1v) is 16.6. The van der Waals surface area contributed by atoms with Crippen LogP contribution in [0.4, 0.5) is 4.79 Å². The molecule has 0 bridgehead atoms. The van der Waals surface area contributed by atoms with Crippen molar-refractivity contribution in [2.75, 3.05) is 19.6 Å². The summed E-state index contributed by atoms with van der Waals surface area (Å²) in [6.45, 7) is 4.26. The molecule has 2 aliphatic heterocycles. The molecule has 2 aromatic heterocycles. The van der Waals surface area contributed by atoms with E-state index in [0.717, 1.165) is 16.6 Å². The SMILES string of the molecule is C=CCN1CC(=O)N2[C@@H](Cc3ccc(OS(N)(=O)=O)cc3)C(=O)N(Cc3cccc4c3ncn4C)C[C@@H]2N1C(=O)NCc1ccccn1. The zero-order chi connectivity index (χ0) is 34.0. The highest BCUT2D eigenvalue weighted by Crippen LogP contribution is 2.30. The van der Waals surface area contributed by atoms with Crippen molar-refractivity contribution in [1.82, 2.24) is 39.7 Å². The lowest BCUT2D eigenvalue weighted by Crippen LogP contribution is -2.76. The summed E-state index contributed by atoms with van der Waals surface area (Å²) in [6.07, 6.45) is 4.19. The minimum Gasteiger partial charge on any atom is -0.371 e. The second-order valence-corrected chi connectivity index (χ2v) is 12.7. The molecule has 0 radical (unpaired) electrons. The number of carbonyl (C=O) groups excluding carboxylic acids is 3. The number of aryl methyl sites for hydroxylation is 1. The normalized spacial score (nSPS) is 18.6. The Morgan fingerprint density at radius 2 is 1.90 bits per heavy atom. The van der Waals surface area contributed by atoms with Gasteiger partial charge >= 0.3 is 16.3 Å². The van der Waals surface area contributed by atoms with Crippen LogP contribution < -0.4 is 14.6 Å². The Balaban J connectivity index is 1.36. The van der Waals surface area contributed by atoms with Crippen LogP contribution in [0.2, 0.25) is 0 Å². The third-order valence-corrected chi connectivity index (χ3v) is 8.71. The van der Waals surface area contributed by atoms with Crippen molar-refractivity contribution in [3.8, 4) is 5.75 Å². The number of hydrazine groups is 1. The lowest BCUT2D eigenvalue weighted by Gasteiger charge is -2.55. The molecule has 4 heterocycles. The molecular weight excluding hydrogens is 638 g/mol. The van der Waals surface area contributed by atoms with Gasteiger partial charge in [0.15, 0.2) is 0 Å². The molecule has 0 unspecified atom stereocenters. The number of benzene rings is 2. The summed E-state index contributed by atoms with van der Waals surface area (Å²) in [7, 11) is -2.34. The molecule has 2 atom stereocenters. The van der Waals surface area contributed by atoms with Gasteiger partial charge in [-0.15, -0.1) is 6.58 Å². The van der Waals surface area contributed by atoms with E-state index < -0.39 is 28.5 Å². The molecular formula is C32H35N9O6S. The van der Waals surface area contributed by atoms with Gasteiger partial charge in [-0.2, -0.15) is 13.6 Å². The van der Waals surface area contributed by atoms with Gasteiger partial charge in [0.05, 0.1) is 42.7 Å². The van der Waals surface area contributed by atoms with Gasteiger partial charge < -0.3 is 23.9 Å². The van der Waals surface area contributed by atoms with Crippen molar-refractivity contribution in [3.63, 3.8) is 0 Å². The molecule has 15 nitrogen and oxygen atoms in total. The molecule has 0 spiro atoms. The van der Waals surface area contributed by atoms with Crippen LogP contribution in [0.15, 0.2) is 85.8 Å². The summed E-state index contributed by atoms with van der Waals surface area (Å²) in [5.41, 5.74) is 3.75. The first-order valence-electron chi connectivity index (χ1n) is 15.1. The zero-order valence-electron chi connectivity index (χ0n) is 26.2. The van der Waals surface area contributed by atoms with Crippen molar-refractivity contribution < 1.29 is 27.0 Å². The van der Waals surface area contributed by atoms with Crippen molar-refractivity contribution in [3.05, 3.63) is 103 Å². The maximum absolute atomic E-state index is 14.4. The topological polar surface area (TPSA) is 176 Å². The number of aromatic nitrogens is 3. The fraction of sp³-hybridized carbons (Fsp3) is 0.281. The van der Waals surface area contributed by atoms with Crippen molar-refractivity contribution in [2.24, 2.45) is 12.2 Å². The molecule has 4 amide bonds. The summed E-state index contributed by atoms with van der Waals surface area (Å²) < 4.78 is 29.4. The number of piperazine rings is 1. The monoisotopic (exact) mass is 673 g/mol. The van der Waals surface area contributed by atoms with Gasteiger partial charge in [-0.25, -0.2) is 19.8 Å². The van der Waals surface area contributed by atoms with E-state index in [1.54, 1.807) is 52.8 Å². The van der Waals surface area contributed by atoms with Gasteiger partial charge in [-0.3, -0.25) is 14.6 Å². The number of urea groups is 1. The molecule has 2 aliphatic rings. The van der Waals surface area contributed by atoms with Gasteiger partial charge in [-0.1, -0.05) is 36.4 Å². The molecule has 16 heteroatoms. The first kappa shape index (κ1) is 32.6. The molecule has 6 rings (SSSR count). The zero-order valence-corrected chi connectivity index (χ0v) is 27.0. The minimum atomic E-state index is -4.23. The Labute approximate surface area is 277 Å². The molecule has 250 valence electrons. The summed E-state index contributed by atoms with van der Waals surface area (Å²) in [5, 5.41) is 11.0. The Morgan fingerprint density at radius 1 is 1.10 bits per heavy atom. The number of hydrogen-bond acceptors (Lipinski definition) is 9. The standard InChI is InChI=1S/C32H35N9O6S/c1-3-15-39-20-29(42)40-27(16-22-10-12-25(13-11-22)47-48(33,45)46)31(43)38(18-23-7-6-9-26-30(23)36-21-37(26)2)19-28(40)41(39)32(44)35-17-24-8-4-5-14-34-24/h3-14,21,27-28H,1,15-20H2,2H3,(H,35,44)(H2,33,45,46)/t27-,28-/m0/s1. The molecule has 0 saturated carbocycles. The van der Waals surface area contributed by atoms with Crippen LogP contribution in [0.3, 0.4) is 0 Å². The van der Waals surface area contributed by atoms with Crippen LogP contribution in [-0.4, -0.2) is 92.5 Å². The van der Waals surface area contributed by atoms with E-state index in [9.17, 15) is 22.8 Å². The van der Waals surface area contributed by atoms with Crippen LogP contribution >= 0.6 is 0 Å². The van der Waals surface area contributed by atoms with Crippen molar-refractivity contribution in [2.45, 2.75) is 31.7 Å². The van der Waals surface area contributed by atoms with Crippen molar-refractivity contribution in [1.29, 1.82) is 0 Å². The number of nitrogens with two attached hydrogens (primary N) is 1. The molecule has 2 fully saturated rings. The average molecular weight is 674 g/mol. The number of pyridine rings is 1. The average Bonchev–Trinajstić information content (AvgIpc) is 3.44. The number of nitrogens with zero attached hydrogens (tertiary/aromatic N) is 7. The highest BCUT2D eigenvalue weighted by atomic mass is 32.2.